The minimum absolute atomic E-state index is 0.0566. The minimum atomic E-state index is -0.275. The highest BCUT2D eigenvalue weighted by molar-refractivity contribution is 5.95. The lowest BCUT2D eigenvalue weighted by Crippen LogP contribution is -2.20. The van der Waals surface area contributed by atoms with Gasteiger partial charge in [0.15, 0.2) is 6.61 Å². The molecule has 0 aliphatic heterocycles. The van der Waals surface area contributed by atoms with Crippen LogP contribution in [0.5, 0.6) is 11.5 Å². The third kappa shape index (κ3) is 6.01. The first kappa shape index (κ1) is 21.3. The highest BCUT2D eigenvalue weighted by atomic mass is 16.5. The third-order valence-corrected chi connectivity index (χ3v) is 4.43. The molecule has 6 nitrogen and oxygen atoms in total. The zero-order chi connectivity index (χ0) is 20.5. The predicted molar refractivity (Wildman–Crippen MR) is 111 cm³/mol. The molecule has 0 atom stereocenters. The maximum atomic E-state index is 12.2. The van der Waals surface area contributed by atoms with Crippen LogP contribution in [0.25, 0.3) is 0 Å². The van der Waals surface area contributed by atoms with Gasteiger partial charge in [-0.05, 0) is 49.6 Å². The third-order valence-electron chi connectivity index (χ3n) is 4.43. The molecule has 28 heavy (non-hydrogen) atoms. The Hall–Kier alpha value is -3.02. The lowest BCUT2D eigenvalue weighted by molar-refractivity contribution is -0.118. The monoisotopic (exact) mass is 384 g/mol. The molecular weight excluding hydrogens is 356 g/mol. The van der Waals surface area contributed by atoms with Gasteiger partial charge in [0.2, 0.25) is 5.91 Å². The lowest BCUT2D eigenvalue weighted by Gasteiger charge is -2.13. The number of amides is 2. The van der Waals surface area contributed by atoms with E-state index >= 15 is 0 Å². The van der Waals surface area contributed by atoms with Crippen molar-refractivity contribution in [3.63, 3.8) is 0 Å². The molecule has 2 aromatic rings. The van der Waals surface area contributed by atoms with Crippen molar-refractivity contribution < 1.29 is 19.1 Å². The van der Waals surface area contributed by atoms with Crippen molar-refractivity contribution in [3.05, 3.63) is 47.5 Å². The van der Waals surface area contributed by atoms with Gasteiger partial charge in [0.05, 0.1) is 12.8 Å². The summed E-state index contributed by atoms with van der Waals surface area (Å²) in [4.78, 5) is 24.1. The van der Waals surface area contributed by atoms with Crippen LogP contribution in [0.15, 0.2) is 36.4 Å². The molecule has 0 radical (unpaired) electrons. The van der Waals surface area contributed by atoms with Crippen molar-refractivity contribution in [2.75, 3.05) is 24.4 Å². The van der Waals surface area contributed by atoms with E-state index in [9.17, 15) is 9.59 Å². The van der Waals surface area contributed by atoms with Gasteiger partial charge in [-0.25, -0.2) is 0 Å². The van der Waals surface area contributed by atoms with Crippen LogP contribution in [-0.2, 0) is 9.59 Å². The Morgan fingerprint density at radius 3 is 2.50 bits per heavy atom. The van der Waals surface area contributed by atoms with Crippen molar-refractivity contribution in [1.82, 2.24) is 0 Å². The molecule has 2 rings (SSSR count). The first-order valence-electron chi connectivity index (χ1n) is 9.41. The number of ether oxygens (including phenoxy) is 2. The van der Waals surface area contributed by atoms with Gasteiger partial charge in [-0.2, -0.15) is 0 Å². The Morgan fingerprint density at radius 1 is 1.00 bits per heavy atom. The fraction of sp³-hybridized carbons (Fsp3) is 0.364. The highest BCUT2D eigenvalue weighted by Crippen LogP contribution is 2.28. The van der Waals surface area contributed by atoms with Crippen LogP contribution in [0.3, 0.4) is 0 Å². The quantitative estimate of drug-likeness (QED) is 0.669. The maximum Gasteiger partial charge on any atom is 0.262 e. The van der Waals surface area contributed by atoms with E-state index in [0.717, 1.165) is 24.0 Å². The van der Waals surface area contributed by atoms with Crippen molar-refractivity contribution in [1.29, 1.82) is 0 Å². The summed E-state index contributed by atoms with van der Waals surface area (Å²) < 4.78 is 11.0. The number of anilines is 2. The summed E-state index contributed by atoms with van der Waals surface area (Å²) >= 11 is 0. The summed E-state index contributed by atoms with van der Waals surface area (Å²) in [7, 11) is 1.52. The molecule has 0 saturated carbocycles. The van der Waals surface area contributed by atoms with Gasteiger partial charge in [0.25, 0.3) is 5.91 Å². The molecule has 2 N–H and O–H groups in total. The van der Waals surface area contributed by atoms with E-state index in [1.165, 1.54) is 7.11 Å². The van der Waals surface area contributed by atoms with Crippen LogP contribution in [0.1, 0.15) is 37.3 Å². The summed E-state index contributed by atoms with van der Waals surface area (Å²) in [6.45, 7) is 5.90. The van der Waals surface area contributed by atoms with E-state index in [-0.39, 0.29) is 18.4 Å². The second kappa shape index (κ2) is 10.3. The van der Waals surface area contributed by atoms with Gasteiger partial charge in [-0.15, -0.1) is 0 Å². The van der Waals surface area contributed by atoms with Crippen LogP contribution in [0, 0.1) is 13.8 Å². The number of methoxy groups -OCH3 is 1. The van der Waals surface area contributed by atoms with Gasteiger partial charge in [-0.3, -0.25) is 9.59 Å². The largest absolute Gasteiger partial charge is 0.494 e. The van der Waals surface area contributed by atoms with Gasteiger partial charge in [0, 0.05) is 18.2 Å². The van der Waals surface area contributed by atoms with E-state index in [1.807, 2.05) is 39.0 Å². The Kier molecular flexibility index (Phi) is 7.87. The summed E-state index contributed by atoms with van der Waals surface area (Å²) in [5, 5.41) is 5.61. The van der Waals surface area contributed by atoms with Crippen LogP contribution in [-0.4, -0.2) is 25.5 Å². The normalized spacial score (nSPS) is 10.3. The van der Waals surface area contributed by atoms with Gasteiger partial charge in [0.1, 0.15) is 11.5 Å². The second-order valence-corrected chi connectivity index (χ2v) is 6.60. The molecule has 2 amide bonds. The Morgan fingerprint density at radius 2 is 1.79 bits per heavy atom. The van der Waals surface area contributed by atoms with Crippen LogP contribution < -0.4 is 20.1 Å². The van der Waals surface area contributed by atoms with E-state index in [2.05, 4.69) is 10.6 Å². The van der Waals surface area contributed by atoms with E-state index in [0.29, 0.717) is 29.3 Å². The smallest absolute Gasteiger partial charge is 0.262 e. The molecule has 0 fully saturated rings. The van der Waals surface area contributed by atoms with Crippen LogP contribution in [0.2, 0.25) is 0 Å². The number of rotatable bonds is 9. The minimum Gasteiger partial charge on any atom is -0.494 e. The van der Waals surface area contributed by atoms with E-state index < -0.39 is 0 Å². The average molecular weight is 384 g/mol. The van der Waals surface area contributed by atoms with Crippen LogP contribution >= 0.6 is 0 Å². The van der Waals surface area contributed by atoms with Gasteiger partial charge in [-0.1, -0.05) is 25.5 Å². The lowest BCUT2D eigenvalue weighted by atomic mass is 10.1. The average Bonchev–Trinajstić information content (AvgIpc) is 2.68. The number of benzene rings is 2. The molecule has 2 aromatic carbocycles. The molecule has 150 valence electrons. The number of nitrogens with one attached hydrogen (secondary N) is 2. The van der Waals surface area contributed by atoms with E-state index in [1.54, 1.807) is 18.2 Å². The SMILES string of the molecule is CCCCC(=O)Nc1ccc(NC(=O)COc2cccc(C)c2C)cc1OC. The summed E-state index contributed by atoms with van der Waals surface area (Å²) in [6, 6.07) is 10.8. The molecule has 0 spiro atoms. The molecule has 6 heteroatoms. The van der Waals surface area contributed by atoms with Crippen molar-refractivity contribution in [2.45, 2.75) is 40.0 Å². The molecule has 0 aliphatic carbocycles. The Balaban J connectivity index is 1.96. The number of carbonyl (C=O) groups is 2. The zero-order valence-electron chi connectivity index (χ0n) is 16.9. The number of unbranched alkanes of at least 4 members (excludes halogenated alkanes) is 1. The molecule has 0 unspecified atom stereocenters. The first-order chi connectivity index (χ1) is 13.4. The fourth-order valence-electron chi connectivity index (χ4n) is 2.64. The fourth-order valence-corrected chi connectivity index (χ4v) is 2.64. The predicted octanol–water partition coefficient (Wildman–Crippen LogP) is 4.46. The first-order valence-corrected chi connectivity index (χ1v) is 9.41. The number of hydrogen-bond donors (Lipinski definition) is 2. The van der Waals surface area contributed by atoms with Crippen LogP contribution in [0.4, 0.5) is 11.4 Å². The number of carbonyl (C=O) groups excluding carboxylic acids is 2. The summed E-state index contributed by atoms with van der Waals surface area (Å²) in [5.41, 5.74) is 3.27. The number of hydrogen-bond acceptors (Lipinski definition) is 4. The Labute approximate surface area is 166 Å². The second-order valence-electron chi connectivity index (χ2n) is 6.60. The maximum absolute atomic E-state index is 12.2. The highest BCUT2D eigenvalue weighted by Gasteiger charge is 2.11. The topological polar surface area (TPSA) is 76.7 Å². The molecule has 0 saturated heterocycles. The molecule has 0 aliphatic rings. The standard InChI is InChI=1S/C22H28N2O4/c1-5-6-10-21(25)24-18-12-11-17(13-20(18)27-4)23-22(26)14-28-19-9-7-8-15(2)16(19)3/h7-9,11-13H,5-6,10,14H2,1-4H3,(H,23,26)(H,24,25). The van der Waals surface area contributed by atoms with Gasteiger partial charge < -0.3 is 20.1 Å². The zero-order valence-corrected chi connectivity index (χ0v) is 16.9. The molecule has 0 aromatic heterocycles. The van der Waals surface area contributed by atoms with Gasteiger partial charge >= 0.3 is 0 Å². The summed E-state index contributed by atoms with van der Waals surface area (Å²) in [6.07, 6.45) is 2.26. The Bertz CT molecular complexity index is 833. The number of aryl methyl sites for hydroxylation is 1. The van der Waals surface area contributed by atoms with E-state index in [4.69, 9.17) is 9.47 Å². The molecule has 0 bridgehead atoms. The van der Waals surface area contributed by atoms with Crippen molar-refractivity contribution in [2.24, 2.45) is 0 Å². The van der Waals surface area contributed by atoms with Crippen molar-refractivity contribution in [3.8, 4) is 11.5 Å². The van der Waals surface area contributed by atoms with Crippen molar-refractivity contribution >= 4 is 23.2 Å². The summed E-state index contributed by atoms with van der Waals surface area (Å²) in [5.74, 6) is 0.845. The molecular formula is C22H28N2O4. The molecule has 0 heterocycles.